The van der Waals surface area contributed by atoms with Gasteiger partial charge in [-0.3, -0.25) is 0 Å². The summed E-state index contributed by atoms with van der Waals surface area (Å²) in [7, 11) is 0. The number of aromatic carboxylic acids is 1. The molecule has 0 saturated heterocycles. The second kappa shape index (κ2) is 6.75. The van der Waals surface area contributed by atoms with Gasteiger partial charge in [0.1, 0.15) is 11.4 Å². The number of carbonyl (C=O) groups is 1. The fourth-order valence-electron chi connectivity index (χ4n) is 2.01. The Morgan fingerprint density at radius 1 is 1.55 bits per heavy atom. The third kappa shape index (κ3) is 3.60. The van der Waals surface area contributed by atoms with Gasteiger partial charge in [0.2, 0.25) is 0 Å². The summed E-state index contributed by atoms with van der Waals surface area (Å²) in [6.07, 6.45) is 0.253. The summed E-state index contributed by atoms with van der Waals surface area (Å²) in [4.78, 5) is 13.1. The molecule has 0 spiro atoms. The maximum absolute atomic E-state index is 13.4. The van der Waals surface area contributed by atoms with Crippen LogP contribution in [0.1, 0.15) is 30.6 Å². The van der Waals surface area contributed by atoms with Crippen molar-refractivity contribution in [1.29, 1.82) is 5.26 Å². The molecule has 0 bridgehead atoms. The zero-order valence-corrected chi connectivity index (χ0v) is 11.6. The van der Waals surface area contributed by atoms with Crippen LogP contribution in [0.2, 0.25) is 0 Å². The lowest BCUT2D eigenvalue weighted by atomic mass is 10.1. The highest BCUT2D eigenvalue weighted by molar-refractivity contribution is 6.00. The van der Waals surface area contributed by atoms with Crippen LogP contribution in [-0.4, -0.2) is 24.2 Å². The van der Waals surface area contributed by atoms with Gasteiger partial charge in [0, 0.05) is 13.1 Å². The van der Waals surface area contributed by atoms with Gasteiger partial charge in [0.15, 0.2) is 0 Å². The largest absolute Gasteiger partial charge is 0.478 e. The molecule has 0 radical (unpaired) electrons. The van der Waals surface area contributed by atoms with Crippen LogP contribution in [0.5, 0.6) is 0 Å². The number of halogens is 1. The second-order valence-corrected chi connectivity index (χ2v) is 4.91. The predicted octanol–water partition coefficient (Wildman–Crippen LogP) is 2.48. The summed E-state index contributed by atoms with van der Waals surface area (Å²) in [5, 5.41) is 17.9. The van der Waals surface area contributed by atoms with E-state index in [4.69, 9.17) is 11.0 Å². The summed E-state index contributed by atoms with van der Waals surface area (Å²) < 4.78 is 13.4. The highest BCUT2D eigenvalue weighted by Crippen LogP contribution is 2.29. The van der Waals surface area contributed by atoms with E-state index in [1.165, 1.54) is 6.07 Å². The molecule has 0 aromatic heterocycles. The molecule has 1 aromatic rings. The summed E-state index contributed by atoms with van der Waals surface area (Å²) >= 11 is 0. The molecule has 0 fully saturated rings. The van der Waals surface area contributed by atoms with Crippen molar-refractivity contribution in [2.45, 2.75) is 20.3 Å². The molecule has 0 aliphatic heterocycles. The molecule has 0 heterocycles. The number of nitrogen functional groups attached to an aromatic ring is 1. The van der Waals surface area contributed by atoms with E-state index in [0.29, 0.717) is 18.8 Å². The Hall–Kier alpha value is -2.29. The number of nitrogens with zero attached hydrogens (tertiary/aromatic N) is 2. The van der Waals surface area contributed by atoms with Crippen LogP contribution in [0.3, 0.4) is 0 Å². The minimum atomic E-state index is -1.28. The number of rotatable bonds is 6. The topological polar surface area (TPSA) is 90.4 Å². The molecule has 6 heteroatoms. The highest BCUT2D eigenvalue weighted by atomic mass is 19.1. The quantitative estimate of drug-likeness (QED) is 0.781. The van der Waals surface area contributed by atoms with Crippen molar-refractivity contribution in [3.05, 3.63) is 23.5 Å². The number of benzene rings is 1. The molecule has 108 valence electrons. The van der Waals surface area contributed by atoms with Crippen LogP contribution in [0.15, 0.2) is 12.1 Å². The van der Waals surface area contributed by atoms with Crippen LogP contribution in [-0.2, 0) is 0 Å². The van der Waals surface area contributed by atoms with Crippen molar-refractivity contribution in [3.63, 3.8) is 0 Å². The van der Waals surface area contributed by atoms with Crippen molar-refractivity contribution in [2.24, 2.45) is 5.92 Å². The van der Waals surface area contributed by atoms with E-state index in [9.17, 15) is 14.3 Å². The van der Waals surface area contributed by atoms with Gasteiger partial charge in [0.05, 0.1) is 23.9 Å². The van der Waals surface area contributed by atoms with E-state index in [0.717, 1.165) is 6.07 Å². The standard InChI is InChI=1S/C14H18FN3O2/c1-9(2)8-18(7-3-6-16)11-5-4-10(15)13(17)12(11)14(19)20/h4-5,9H,3,7-8,17H2,1-2H3,(H,19,20). The van der Waals surface area contributed by atoms with E-state index in [1.54, 1.807) is 4.90 Å². The molecule has 0 aliphatic rings. The first-order chi connectivity index (χ1) is 9.38. The summed E-state index contributed by atoms with van der Waals surface area (Å²) in [5.41, 5.74) is 5.26. The van der Waals surface area contributed by atoms with Gasteiger partial charge in [0.25, 0.3) is 0 Å². The summed E-state index contributed by atoms with van der Waals surface area (Å²) in [6, 6.07) is 4.57. The molecule has 1 aromatic carbocycles. The number of nitriles is 1. The van der Waals surface area contributed by atoms with Crippen molar-refractivity contribution in [3.8, 4) is 6.07 Å². The summed E-state index contributed by atoms with van der Waals surface area (Å²) in [5.74, 6) is -1.76. The third-order valence-electron chi connectivity index (χ3n) is 2.80. The Morgan fingerprint density at radius 2 is 2.20 bits per heavy atom. The smallest absolute Gasteiger partial charge is 0.340 e. The molecule has 0 atom stereocenters. The summed E-state index contributed by atoms with van der Waals surface area (Å²) in [6.45, 7) is 4.90. The molecule has 0 amide bonds. The predicted molar refractivity (Wildman–Crippen MR) is 75.1 cm³/mol. The molecule has 5 nitrogen and oxygen atoms in total. The number of carboxylic acid groups (broad SMARTS) is 1. The minimum absolute atomic E-state index is 0.247. The van der Waals surface area contributed by atoms with Crippen molar-refractivity contribution in [2.75, 3.05) is 23.7 Å². The fraction of sp³-hybridized carbons (Fsp3) is 0.429. The molecular weight excluding hydrogens is 261 g/mol. The monoisotopic (exact) mass is 279 g/mol. The van der Waals surface area contributed by atoms with Crippen LogP contribution in [0.4, 0.5) is 15.8 Å². The van der Waals surface area contributed by atoms with Crippen LogP contribution < -0.4 is 10.6 Å². The van der Waals surface area contributed by atoms with E-state index in [1.807, 2.05) is 19.9 Å². The Balaban J connectivity index is 3.28. The fourth-order valence-corrected chi connectivity index (χ4v) is 2.01. The number of hydrogen-bond donors (Lipinski definition) is 2. The Labute approximate surface area is 117 Å². The first-order valence-electron chi connectivity index (χ1n) is 6.31. The lowest BCUT2D eigenvalue weighted by Gasteiger charge is -2.27. The van der Waals surface area contributed by atoms with E-state index >= 15 is 0 Å². The van der Waals surface area contributed by atoms with Gasteiger partial charge in [-0.05, 0) is 18.1 Å². The second-order valence-electron chi connectivity index (χ2n) is 4.91. The van der Waals surface area contributed by atoms with Crippen LogP contribution in [0, 0.1) is 23.1 Å². The van der Waals surface area contributed by atoms with Gasteiger partial charge < -0.3 is 15.7 Å². The Bertz CT molecular complexity index is 538. The number of carboxylic acids is 1. The molecule has 3 N–H and O–H groups in total. The number of hydrogen-bond acceptors (Lipinski definition) is 4. The van der Waals surface area contributed by atoms with Gasteiger partial charge in [-0.1, -0.05) is 13.8 Å². The zero-order chi connectivity index (χ0) is 15.3. The molecule has 0 saturated carbocycles. The van der Waals surface area contributed by atoms with Gasteiger partial charge in [-0.25, -0.2) is 9.18 Å². The van der Waals surface area contributed by atoms with E-state index in [-0.39, 0.29) is 23.6 Å². The minimum Gasteiger partial charge on any atom is -0.478 e. The average molecular weight is 279 g/mol. The van der Waals surface area contributed by atoms with Crippen molar-refractivity contribution >= 4 is 17.3 Å². The lowest BCUT2D eigenvalue weighted by molar-refractivity contribution is 0.0698. The lowest BCUT2D eigenvalue weighted by Crippen LogP contribution is -2.30. The van der Waals surface area contributed by atoms with Gasteiger partial charge >= 0.3 is 5.97 Å². The zero-order valence-electron chi connectivity index (χ0n) is 11.6. The highest BCUT2D eigenvalue weighted by Gasteiger charge is 2.21. The average Bonchev–Trinajstić information content (AvgIpc) is 2.36. The van der Waals surface area contributed by atoms with Gasteiger partial charge in [-0.2, -0.15) is 5.26 Å². The van der Waals surface area contributed by atoms with Gasteiger partial charge in [-0.15, -0.1) is 0 Å². The van der Waals surface area contributed by atoms with Crippen LogP contribution in [0.25, 0.3) is 0 Å². The molecule has 0 aliphatic carbocycles. The molecule has 20 heavy (non-hydrogen) atoms. The SMILES string of the molecule is CC(C)CN(CCC#N)c1ccc(F)c(N)c1C(=O)O. The maximum atomic E-state index is 13.4. The van der Waals surface area contributed by atoms with Crippen molar-refractivity contribution in [1.82, 2.24) is 0 Å². The Morgan fingerprint density at radius 3 is 2.70 bits per heavy atom. The van der Waals surface area contributed by atoms with Crippen molar-refractivity contribution < 1.29 is 14.3 Å². The Kier molecular flexibility index (Phi) is 5.32. The van der Waals surface area contributed by atoms with E-state index < -0.39 is 11.8 Å². The third-order valence-corrected chi connectivity index (χ3v) is 2.80. The van der Waals surface area contributed by atoms with E-state index in [2.05, 4.69) is 0 Å². The number of anilines is 2. The molecule has 0 unspecified atom stereocenters. The number of nitrogens with two attached hydrogens (primary N) is 1. The normalized spacial score (nSPS) is 10.3. The first kappa shape index (κ1) is 15.8. The van der Waals surface area contributed by atoms with Crippen LogP contribution >= 0.6 is 0 Å². The maximum Gasteiger partial charge on any atom is 0.340 e. The molecule has 1 rings (SSSR count). The first-order valence-corrected chi connectivity index (χ1v) is 6.31. The molecular formula is C14H18FN3O2.